The first kappa shape index (κ1) is 14.9. The van der Waals surface area contributed by atoms with E-state index in [-0.39, 0.29) is 6.10 Å². The van der Waals surface area contributed by atoms with Gasteiger partial charge in [-0.15, -0.1) is 0 Å². The smallest absolute Gasteiger partial charge is 0.332 e. The second-order valence-electron chi connectivity index (χ2n) is 4.23. The predicted octanol–water partition coefficient (Wildman–Crippen LogP) is 3.88. The lowest BCUT2D eigenvalue weighted by Crippen LogP contribution is -2.37. The summed E-state index contributed by atoms with van der Waals surface area (Å²) in [6.45, 7) is 11.2. The maximum atomic E-state index is 5.89. The molecule has 0 fully saturated rings. The Balaban J connectivity index is 3.80. The molecule has 0 saturated heterocycles. The van der Waals surface area contributed by atoms with Gasteiger partial charge in [-0.25, -0.2) is 0 Å². The van der Waals surface area contributed by atoms with E-state index < -0.39 is 8.56 Å². The predicted molar refractivity (Wildman–Crippen MR) is 68.3 cm³/mol. The first-order valence-electron chi connectivity index (χ1n) is 6.00. The van der Waals surface area contributed by atoms with Crippen LogP contribution >= 0.6 is 0 Å². The van der Waals surface area contributed by atoms with Crippen molar-refractivity contribution in [1.82, 2.24) is 0 Å². The van der Waals surface area contributed by atoms with Crippen LogP contribution in [0.5, 0.6) is 0 Å². The van der Waals surface area contributed by atoms with Crippen LogP contribution in [0.25, 0.3) is 0 Å². The summed E-state index contributed by atoms with van der Waals surface area (Å²) in [5, 5.41) is 0. The molecule has 0 aliphatic carbocycles. The van der Waals surface area contributed by atoms with E-state index >= 15 is 0 Å². The standard InChI is InChI=1S/C12H26O2Si/c1-6-8-9-10-11-12(3)14-15(4,5)13-7-2/h10-12H,6-9H2,1-5H3/b11-10+. The molecule has 0 heterocycles. The summed E-state index contributed by atoms with van der Waals surface area (Å²) < 4.78 is 11.5. The van der Waals surface area contributed by atoms with Crippen molar-refractivity contribution in [3.05, 3.63) is 12.2 Å². The van der Waals surface area contributed by atoms with Gasteiger partial charge in [0.25, 0.3) is 0 Å². The van der Waals surface area contributed by atoms with Crippen LogP contribution in [0.15, 0.2) is 12.2 Å². The third kappa shape index (κ3) is 8.84. The van der Waals surface area contributed by atoms with Crippen LogP contribution in [-0.2, 0) is 8.85 Å². The van der Waals surface area contributed by atoms with E-state index in [1.165, 1.54) is 12.8 Å². The molecule has 0 saturated carbocycles. The van der Waals surface area contributed by atoms with Crippen molar-refractivity contribution in [3.63, 3.8) is 0 Å². The fraction of sp³-hybridized carbons (Fsp3) is 0.833. The van der Waals surface area contributed by atoms with Gasteiger partial charge in [-0.3, -0.25) is 0 Å². The van der Waals surface area contributed by atoms with Gasteiger partial charge in [-0.1, -0.05) is 31.9 Å². The first-order chi connectivity index (χ1) is 7.02. The van der Waals surface area contributed by atoms with Gasteiger partial charge in [0.1, 0.15) is 0 Å². The van der Waals surface area contributed by atoms with Crippen LogP contribution in [0.1, 0.15) is 40.0 Å². The Morgan fingerprint density at radius 3 is 2.47 bits per heavy atom. The number of hydrogen-bond donors (Lipinski definition) is 0. The molecule has 0 aromatic rings. The van der Waals surface area contributed by atoms with Crippen molar-refractivity contribution >= 4 is 8.56 Å². The van der Waals surface area contributed by atoms with Crippen LogP contribution in [0.4, 0.5) is 0 Å². The molecule has 15 heavy (non-hydrogen) atoms. The molecule has 90 valence electrons. The minimum Gasteiger partial charge on any atom is -0.395 e. The van der Waals surface area contributed by atoms with Crippen LogP contribution in [0.3, 0.4) is 0 Å². The van der Waals surface area contributed by atoms with E-state index in [4.69, 9.17) is 8.85 Å². The third-order valence-electron chi connectivity index (χ3n) is 2.09. The van der Waals surface area contributed by atoms with E-state index in [1.807, 2.05) is 6.92 Å². The summed E-state index contributed by atoms with van der Waals surface area (Å²) in [6.07, 6.45) is 8.19. The second-order valence-corrected chi connectivity index (χ2v) is 7.55. The van der Waals surface area contributed by atoms with E-state index in [2.05, 4.69) is 39.1 Å². The van der Waals surface area contributed by atoms with Gasteiger partial charge < -0.3 is 8.85 Å². The lowest BCUT2D eigenvalue weighted by Gasteiger charge is -2.24. The number of allylic oxidation sites excluding steroid dienone is 1. The minimum absolute atomic E-state index is 0.176. The topological polar surface area (TPSA) is 18.5 Å². The Hall–Kier alpha value is -0.123. The lowest BCUT2D eigenvalue weighted by atomic mass is 10.2. The van der Waals surface area contributed by atoms with Crippen molar-refractivity contribution in [2.24, 2.45) is 0 Å². The van der Waals surface area contributed by atoms with Gasteiger partial charge in [0.2, 0.25) is 0 Å². The molecule has 0 N–H and O–H groups in total. The molecule has 1 unspecified atom stereocenters. The van der Waals surface area contributed by atoms with Gasteiger partial charge in [0.15, 0.2) is 0 Å². The normalized spacial score (nSPS) is 14.7. The highest BCUT2D eigenvalue weighted by Gasteiger charge is 2.25. The summed E-state index contributed by atoms with van der Waals surface area (Å²) in [5.74, 6) is 0. The molecule has 0 aromatic heterocycles. The molecule has 0 aliphatic heterocycles. The first-order valence-corrected chi connectivity index (χ1v) is 8.82. The highest BCUT2D eigenvalue weighted by atomic mass is 28.4. The Morgan fingerprint density at radius 1 is 1.27 bits per heavy atom. The molecule has 2 nitrogen and oxygen atoms in total. The average molecular weight is 230 g/mol. The monoisotopic (exact) mass is 230 g/mol. The molecule has 0 spiro atoms. The molecule has 0 aliphatic rings. The summed E-state index contributed by atoms with van der Waals surface area (Å²) in [5.41, 5.74) is 0. The highest BCUT2D eigenvalue weighted by molar-refractivity contribution is 6.64. The van der Waals surface area contributed by atoms with Crippen LogP contribution < -0.4 is 0 Å². The van der Waals surface area contributed by atoms with E-state index in [9.17, 15) is 0 Å². The third-order valence-corrected chi connectivity index (χ3v) is 4.02. The largest absolute Gasteiger partial charge is 0.395 e. The van der Waals surface area contributed by atoms with Gasteiger partial charge in [0.05, 0.1) is 6.10 Å². The van der Waals surface area contributed by atoms with Crippen LogP contribution in [0.2, 0.25) is 13.1 Å². The van der Waals surface area contributed by atoms with Gasteiger partial charge >= 0.3 is 8.56 Å². The van der Waals surface area contributed by atoms with Crippen molar-refractivity contribution in [2.45, 2.75) is 59.2 Å². The molecule has 0 rings (SSSR count). The van der Waals surface area contributed by atoms with Gasteiger partial charge in [-0.05, 0) is 33.4 Å². The van der Waals surface area contributed by atoms with Crippen molar-refractivity contribution < 1.29 is 8.85 Å². The Morgan fingerprint density at radius 2 is 1.93 bits per heavy atom. The fourth-order valence-electron chi connectivity index (χ4n) is 1.48. The lowest BCUT2D eigenvalue weighted by molar-refractivity contribution is 0.162. The molecule has 0 bridgehead atoms. The second kappa shape index (κ2) is 8.08. The summed E-state index contributed by atoms with van der Waals surface area (Å²) >= 11 is 0. The van der Waals surface area contributed by atoms with E-state index in [0.717, 1.165) is 13.0 Å². The highest BCUT2D eigenvalue weighted by Crippen LogP contribution is 2.10. The van der Waals surface area contributed by atoms with Crippen LogP contribution in [0, 0.1) is 0 Å². The summed E-state index contributed by atoms with van der Waals surface area (Å²) in [7, 11) is -1.89. The number of hydrogen-bond acceptors (Lipinski definition) is 2. The zero-order valence-corrected chi connectivity index (χ0v) is 11.9. The van der Waals surface area contributed by atoms with E-state index in [0.29, 0.717) is 0 Å². The fourth-order valence-corrected chi connectivity index (χ4v) is 3.22. The maximum absolute atomic E-state index is 5.89. The Labute approximate surface area is 95.9 Å². The zero-order valence-electron chi connectivity index (χ0n) is 10.9. The maximum Gasteiger partial charge on any atom is 0.332 e. The molecular weight excluding hydrogens is 204 g/mol. The molecule has 0 aromatic carbocycles. The molecular formula is C12H26O2Si. The Kier molecular flexibility index (Phi) is 8.01. The molecule has 0 radical (unpaired) electrons. The summed E-state index contributed by atoms with van der Waals surface area (Å²) in [6, 6.07) is 0. The average Bonchev–Trinajstić information content (AvgIpc) is 2.11. The minimum atomic E-state index is -1.89. The SMILES string of the molecule is CCCC/C=C/C(C)O[Si](C)(C)OCC. The van der Waals surface area contributed by atoms with Gasteiger partial charge in [0, 0.05) is 6.61 Å². The number of unbranched alkanes of at least 4 members (excludes halogenated alkanes) is 2. The molecule has 3 heteroatoms. The van der Waals surface area contributed by atoms with Crippen molar-refractivity contribution in [3.8, 4) is 0 Å². The zero-order chi connectivity index (χ0) is 11.7. The Bertz CT molecular complexity index is 178. The quantitative estimate of drug-likeness (QED) is 0.358. The molecule has 1 atom stereocenters. The summed E-state index contributed by atoms with van der Waals surface area (Å²) in [4.78, 5) is 0. The van der Waals surface area contributed by atoms with Crippen LogP contribution in [-0.4, -0.2) is 21.3 Å². The molecule has 0 amide bonds. The number of rotatable bonds is 8. The van der Waals surface area contributed by atoms with Crippen molar-refractivity contribution in [1.29, 1.82) is 0 Å². The van der Waals surface area contributed by atoms with E-state index in [1.54, 1.807) is 0 Å². The van der Waals surface area contributed by atoms with Crippen molar-refractivity contribution in [2.75, 3.05) is 6.61 Å². The van der Waals surface area contributed by atoms with Gasteiger partial charge in [-0.2, -0.15) is 0 Å².